The van der Waals surface area contributed by atoms with Gasteiger partial charge in [-0.1, -0.05) is 24.3 Å². The van der Waals surface area contributed by atoms with Crippen molar-refractivity contribution < 1.29 is 14.3 Å². The minimum absolute atomic E-state index is 0.348. The first-order valence-electron chi connectivity index (χ1n) is 7.61. The van der Waals surface area contributed by atoms with Gasteiger partial charge in [-0.05, 0) is 53.2 Å². The van der Waals surface area contributed by atoms with Crippen LogP contribution in [0.3, 0.4) is 0 Å². The smallest absolute Gasteiger partial charge is 0.290 e. The van der Waals surface area contributed by atoms with Gasteiger partial charge in [0.15, 0.2) is 0 Å². The van der Waals surface area contributed by atoms with Gasteiger partial charge in [-0.15, -0.1) is 0 Å². The fourth-order valence-electron chi connectivity index (χ4n) is 2.27. The molecule has 0 radical (unpaired) electrons. The lowest BCUT2D eigenvalue weighted by atomic mass is 10.1. The molecule has 5 nitrogen and oxygen atoms in total. The number of benzene rings is 2. The Labute approximate surface area is 149 Å². The number of imide groups is 1. The summed E-state index contributed by atoms with van der Waals surface area (Å²) < 4.78 is 5.71. The van der Waals surface area contributed by atoms with E-state index in [-0.39, 0.29) is 11.1 Å². The highest BCUT2D eigenvalue weighted by Crippen LogP contribution is 2.26. The Balaban J connectivity index is 1.54. The van der Waals surface area contributed by atoms with Gasteiger partial charge in [-0.25, -0.2) is 0 Å². The molecule has 25 heavy (non-hydrogen) atoms. The number of carbonyl (C=O) groups excluding carboxylic acids is 2. The predicted molar refractivity (Wildman–Crippen MR) is 95.9 cm³/mol. The number of ether oxygens (including phenoxy) is 1. The lowest BCUT2D eigenvalue weighted by molar-refractivity contribution is -0.115. The minimum atomic E-state index is -0.363. The van der Waals surface area contributed by atoms with E-state index < -0.39 is 0 Å². The highest BCUT2D eigenvalue weighted by Gasteiger charge is 2.24. The second-order valence-corrected chi connectivity index (χ2v) is 6.34. The zero-order valence-corrected chi connectivity index (χ0v) is 14.0. The van der Waals surface area contributed by atoms with Gasteiger partial charge in [0.25, 0.3) is 11.1 Å². The average molecular weight is 350 g/mol. The highest BCUT2D eigenvalue weighted by molar-refractivity contribution is 8.18. The third-order valence-electron chi connectivity index (χ3n) is 3.56. The van der Waals surface area contributed by atoms with Gasteiger partial charge in [0, 0.05) is 6.42 Å². The number of amides is 2. The number of nitriles is 1. The lowest BCUT2D eigenvalue weighted by Gasteiger charge is -2.07. The van der Waals surface area contributed by atoms with E-state index in [0.717, 1.165) is 35.1 Å². The van der Waals surface area contributed by atoms with E-state index in [9.17, 15) is 9.59 Å². The predicted octanol–water partition coefficient (Wildman–Crippen LogP) is 3.50. The summed E-state index contributed by atoms with van der Waals surface area (Å²) in [4.78, 5) is 23.0. The van der Waals surface area contributed by atoms with E-state index in [1.807, 2.05) is 36.4 Å². The second-order valence-electron chi connectivity index (χ2n) is 5.33. The van der Waals surface area contributed by atoms with Crippen molar-refractivity contribution in [3.8, 4) is 11.8 Å². The normalized spacial score (nSPS) is 15.1. The number of carbonyl (C=O) groups is 2. The summed E-state index contributed by atoms with van der Waals surface area (Å²) in [6.07, 6.45) is 2.42. The van der Waals surface area contributed by atoms with E-state index in [4.69, 9.17) is 10.00 Å². The van der Waals surface area contributed by atoms with Crippen LogP contribution < -0.4 is 10.1 Å². The third kappa shape index (κ3) is 4.49. The lowest BCUT2D eigenvalue weighted by Crippen LogP contribution is -2.17. The summed E-state index contributed by atoms with van der Waals surface area (Å²) in [6.45, 7) is 0.527. The minimum Gasteiger partial charge on any atom is -0.493 e. The fraction of sp³-hybridized carbons (Fsp3) is 0.105. The van der Waals surface area contributed by atoms with Gasteiger partial charge in [0.1, 0.15) is 5.75 Å². The standard InChI is InChI=1S/C19H14N2O3S/c20-12-15-3-1-13(2-4-15)9-10-24-16-7-5-14(6-8-16)11-17-18(22)21-19(23)25-17/h1-8,11H,9-10H2,(H,21,22,23)/b17-11-. The Morgan fingerprint density at radius 2 is 1.80 bits per heavy atom. The molecule has 2 aromatic carbocycles. The van der Waals surface area contributed by atoms with Crippen LogP contribution in [0.5, 0.6) is 5.75 Å². The molecule has 1 N–H and O–H groups in total. The molecule has 124 valence electrons. The van der Waals surface area contributed by atoms with E-state index >= 15 is 0 Å². The molecular weight excluding hydrogens is 336 g/mol. The highest BCUT2D eigenvalue weighted by atomic mass is 32.2. The molecule has 0 unspecified atom stereocenters. The molecule has 1 fully saturated rings. The number of hydrogen-bond donors (Lipinski definition) is 1. The van der Waals surface area contributed by atoms with E-state index in [0.29, 0.717) is 17.1 Å². The third-order valence-corrected chi connectivity index (χ3v) is 4.37. The number of hydrogen-bond acceptors (Lipinski definition) is 5. The average Bonchev–Trinajstić information content (AvgIpc) is 2.94. The quantitative estimate of drug-likeness (QED) is 0.835. The Kier molecular flexibility index (Phi) is 5.17. The summed E-state index contributed by atoms with van der Waals surface area (Å²) in [5.74, 6) is 0.369. The first-order chi connectivity index (χ1) is 12.1. The maximum atomic E-state index is 11.5. The van der Waals surface area contributed by atoms with E-state index in [1.165, 1.54) is 0 Å². The number of thioether (sulfide) groups is 1. The molecule has 0 spiro atoms. The van der Waals surface area contributed by atoms with Crippen LogP contribution in [0.2, 0.25) is 0 Å². The van der Waals surface area contributed by atoms with Crippen LogP contribution in [0, 0.1) is 11.3 Å². The molecule has 0 saturated carbocycles. The van der Waals surface area contributed by atoms with Crippen molar-refractivity contribution in [2.24, 2.45) is 0 Å². The van der Waals surface area contributed by atoms with Crippen LogP contribution >= 0.6 is 11.8 Å². The molecule has 0 aromatic heterocycles. The van der Waals surface area contributed by atoms with Crippen molar-refractivity contribution in [2.45, 2.75) is 6.42 Å². The van der Waals surface area contributed by atoms with Gasteiger partial charge in [0.2, 0.25) is 0 Å². The molecule has 2 amide bonds. The summed E-state index contributed by atoms with van der Waals surface area (Å²) >= 11 is 0.897. The molecule has 1 aliphatic heterocycles. The fourth-order valence-corrected chi connectivity index (χ4v) is 2.95. The Morgan fingerprint density at radius 1 is 1.08 bits per heavy atom. The maximum Gasteiger partial charge on any atom is 0.290 e. The van der Waals surface area contributed by atoms with Crippen LogP contribution in [0.1, 0.15) is 16.7 Å². The molecule has 2 aromatic rings. The molecule has 0 bridgehead atoms. The van der Waals surface area contributed by atoms with E-state index in [1.54, 1.807) is 18.2 Å². The van der Waals surface area contributed by atoms with Crippen molar-refractivity contribution >= 4 is 29.0 Å². The van der Waals surface area contributed by atoms with Crippen LogP contribution in [-0.4, -0.2) is 17.8 Å². The summed E-state index contributed by atoms with van der Waals surface area (Å²) in [6, 6.07) is 16.8. The first-order valence-corrected chi connectivity index (χ1v) is 8.42. The largest absolute Gasteiger partial charge is 0.493 e. The first kappa shape index (κ1) is 16.8. The Hall–Kier alpha value is -3.04. The van der Waals surface area contributed by atoms with Gasteiger partial charge in [-0.3, -0.25) is 14.9 Å². The molecule has 0 aliphatic carbocycles. The molecule has 6 heteroatoms. The summed E-state index contributed by atoms with van der Waals surface area (Å²) in [7, 11) is 0. The molecule has 0 atom stereocenters. The van der Waals surface area contributed by atoms with Crippen molar-refractivity contribution in [3.05, 3.63) is 70.1 Å². The maximum absolute atomic E-state index is 11.5. The van der Waals surface area contributed by atoms with Crippen LogP contribution in [0.15, 0.2) is 53.4 Å². The van der Waals surface area contributed by atoms with Crippen molar-refractivity contribution in [1.82, 2.24) is 5.32 Å². The SMILES string of the molecule is N#Cc1ccc(CCOc2ccc(/C=C3\SC(=O)NC3=O)cc2)cc1. The van der Waals surface area contributed by atoms with Crippen molar-refractivity contribution in [2.75, 3.05) is 6.61 Å². The topological polar surface area (TPSA) is 79.2 Å². The monoisotopic (exact) mass is 350 g/mol. The van der Waals surface area contributed by atoms with Crippen LogP contribution in [-0.2, 0) is 11.2 Å². The second kappa shape index (κ2) is 7.69. The van der Waals surface area contributed by atoms with Crippen LogP contribution in [0.25, 0.3) is 6.08 Å². The molecule has 1 aliphatic rings. The molecule has 3 rings (SSSR count). The Morgan fingerprint density at radius 3 is 2.40 bits per heavy atom. The van der Waals surface area contributed by atoms with Crippen molar-refractivity contribution in [1.29, 1.82) is 5.26 Å². The van der Waals surface area contributed by atoms with Crippen LogP contribution in [0.4, 0.5) is 4.79 Å². The molecule has 1 heterocycles. The van der Waals surface area contributed by atoms with Gasteiger partial charge in [0.05, 0.1) is 23.1 Å². The van der Waals surface area contributed by atoms with Gasteiger partial charge >= 0.3 is 0 Å². The number of rotatable bonds is 5. The zero-order valence-electron chi connectivity index (χ0n) is 13.2. The van der Waals surface area contributed by atoms with Crippen molar-refractivity contribution in [3.63, 3.8) is 0 Å². The zero-order chi connectivity index (χ0) is 17.6. The summed E-state index contributed by atoms with van der Waals surface area (Å²) in [5.41, 5.74) is 2.58. The molecular formula is C19H14N2O3S. The van der Waals surface area contributed by atoms with Gasteiger partial charge in [-0.2, -0.15) is 5.26 Å². The summed E-state index contributed by atoms with van der Waals surface area (Å²) in [5, 5.41) is 10.6. The Bertz CT molecular complexity index is 865. The number of nitrogens with zero attached hydrogens (tertiary/aromatic N) is 1. The van der Waals surface area contributed by atoms with E-state index in [2.05, 4.69) is 11.4 Å². The number of nitrogens with one attached hydrogen (secondary N) is 1. The molecule has 1 saturated heterocycles. The van der Waals surface area contributed by atoms with Gasteiger partial charge < -0.3 is 4.74 Å².